The molecule has 0 unspecified atom stereocenters. The van der Waals surface area contributed by atoms with Crippen LogP contribution >= 0.6 is 0 Å². The van der Waals surface area contributed by atoms with Gasteiger partial charge < -0.3 is 15.2 Å². The first kappa shape index (κ1) is 11.9. The largest absolute Gasteiger partial charge is 0.495 e. The molecule has 3 nitrogen and oxygen atoms in total. The molecule has 0 aromatic heterocycles. The smallest absolute Gasteiger partial charge is 0.141 e. The van der Waals surface area contributed by atoms with Crippen LogP contribution in [0.1, 0.15) is 20.3 Å². The van der Waals surface area contributed by atoms with E-state index in [1.807, 2.05) is 38.1 Å². The van der Waals surface area contributed by atoms with E-state index in [2.05, 4.69) is 5.32 Å². The molecule has 2 N–H and O–H groups in total. The zero-order valence-electron chi connectivity index (χ0n) is 9.53. The van der Waals surface area contributed by atoms with Crippen molar-refractivity contribution in [3.8, 4) is 5.75 Å². The van der Waals surface area contributed by atoms with Crippen LogP contribution in [0.15, 0.2) is 24.3 Å². The maximum atomic E-state index is 9.65. The maximum Gasteiger partial charge on any atom is 0.141 e. The molecule has 1 aromatic carbocycles. The van der Waals surface area contributed by atoms with Gasteiger partial charge in [-0.25, -0.2) is 0 Å². The average molecular weight is 209 g/mol. The molecular weight excluding hydrogens is 190 g/mol. The Morgan fingerprint density at radius 1 is 1.40 bits per heavy atom. The SMILES string of the molecule is CC[C@@H](O)[C@@H](C)Nc1ccccc1OC. The molecule has 0 aliphatic rings. The minimum Gasteiger partial charge on any atom is -0.495 e. The van der Waals surface area contributed by atoms with Gasteiger partial charge in [0.05, 0.1) is 18.9 Å². The highest BCUT2D eigenvalue weighted by atomic mass is 16.5. The highest BCUT2D eigenvalue weighted by Crippen LogP contribution is 2.24. The van der Waals surface area contributed by atoms with Gasteiger partial charge in [0.25, 0.3) is 0 Å². The molecule has 1 rings (SSSR count). The van der Waals surface area contributed by atoms with Crippen molar-refractivity contribution in [3.05, 3.63) is 24.3 Å². The first-order chi connectivity index (χ1) is 7.19. The lowest BCUT2D eigenvalue weighted by atomic mass is 10.1. The van der Waals surface area contributed by atoms with Gasteiger partial charge in [-0.15, -0.1) is 0 Å². The van der Waals surface area contributed by atoms with Gasteiger partial charge in [0.15, 0.2) is 0 Å². The van der Waals surface area contributed by atoms with Crippen LogP contribution in [0, 0.1) is 0 Å². The highest BCUT2D eigenvalue weighted by Gasteiger charge is 2.13. The third-order valence-corrected chi connectivity index (χ3v) is 2.49. The van der Waals surface area contributed by atoms with Gasteiger partial charge in [0.1, 0.15) is 5.75 Å². The number of anilines is 1. The standard InChI is InChI=1S/C12H19NO2/c1-4-11(14)9(2)13-10-7-5-6-8-12(10)15-3/h5-9,11,13-14H,4H2,1-3H3/t9-,11-/m1/s1. The molecule has 84 valence electrons. The molecule has 0 aliphatic carbocycles. The second-order valence-electron chi connectivity index (χ2n) is 3.61. The summed E-state index contributed by atoms with van der Waals surface area (Å²) in [6, 6.07) is 7.72. The zero-order chi connectivity index (χ0) is 11.3. The number of hydrogen-bond acceptors (Lipinski definition) is 3. The minimum absolute atomic E-state index is 0.0197. The van der Waals surface area contributed by atoms with E-state index in [1.54, 1.807) is 7.11 Å². The van der Waals surface area contributed by atoms with Crippen molar-refractivity contribution in [2.24, 2.45) is 0 Å². The summed E-state index contributed by atoms with van der Waals surface area (Å²) in [4.78, 5) is 0. The quantitative estimate of drug-likeness (QED) is 0.781. The van der Waals surface area contributed by atoms with Crippen molar-refractivity contribution in [2.75, 3.05) is 12.4 Å². The van der Waals surface area contributed by atoms with E-state index >= 15 is 0 Å². The van der Waals surface area contributed by atoms with E-state index in [4.69, 9.17) is 4.74 Å². The van der Waals surface area contributed by atoms with E-state index < -0.39 is 0 Å². The number of nitrogens with one attached hydrogen (secondary N) is 1. The van der Waals surface area contributed by atoms with E-state index in [0.29, 0.717) is 0 Å². The fourth-order valence-electron chi connectivity index (χ4n) is 1.46. The average Bonchev–Trinajstić information content (AvgIpc) is 2.28. The summed E-state index contributed by atoms with van der Waals surface area (Å²) in [5, 5.41) is 12.9. The number of hydrogen-bond donors (Lipinski definition) is 2. The van der Waals surface area contributed by atoms with Crippen LogP contribution in [-0.2, 0) is 0 Å². The van der Waals surface area contributed by atoms with E-state index in [9.17, 15) is 5.11 Å². The zero-order valence-corrected chi connectivity index (χ0v) is 9.53. The van der Waals surface area contributed by atoms with E-state index in [-0.39, 0.29) is 12.1 Å². The van der Waals surface area contributed by atoms with Crippen molar-refractivity contribution in [1.29, 1.82) is 0 Å². The molecular formula is C12H19NO2. The molecule has 3 heteroatoms. The van der Waals surface area contributed by atoms with Crippen LogP contribution in [0.3, 0.4) is 0 Å². The maximum absolute atomic E-state index is 9.65. The van der Waals surface area contributed by atoms with Gasteiger partial charge in [-0.2, -0.15) is 0 Å². The Morgan fingerprint density at radius 2 is 2.07 bits per heavy atom. The molecule has 15 heavy (non-hydrogen) atoms. The highest BCUT2D eigenvalue weighted by molar-refractivity contribution is 5.56. The summed E-state index contributed by atoms with van der Waals surface area (Å²) in [5.74, 6) is 0.799. The molecule has 0 saturated carbocycles. The van der Waals surface area contributed by atoms with Crippen molar-refractivity contribution in [2.45, 2.75) is 32.4 Å². The topological polar surface area (TPSA) is 41.5 Å². The molecule has 0 fully saturated rings. The molecule has 2 atom stereocenters. The number of benzene rings is 1. The molecule has 0 radical (unpaired) electrons. The number of ether oxygens (including phenoxy) is 1. The van der Waals surface area contributed by atoms with Crippen LogP contribution in [0.4, 0.5) is 5.69 Å². The van der Waals surface area contributed by atoms with Crippen LogP contribution in [0.2, 0.25) is 0 Å². The molecule has 1 aromatic rings. The third-order valence-electron chi connectivity index (χ3n) is 2.49. The second kappa shape index (κ2) is 5.61. The van der Waals surface area contributed by atoms with Gasteiger partial charge in [0, 0.05) is 6.04 Å². The van der Waals surface area contributed by atoms with Crippen molar-refractivity contribution in [1.82, 2.24) is 0 Å². The normalized spacial score (nSPS) is 14.4. The van der Waals surface area contributed by atoms with Gasteiger partial charge in [-0.3, -0.25) is 0 Å². The molecule has 0 heterocycles. The predicted octanol–water partition coefficient (Wildman–Crippen LogP) is 2.27. The Bertz CT molecular complexity index is 301. The summed E-state index contributed by atoms with van der Waals surface area (Å²) in [5.41, 5.74) is 0.917. The number of aliphatic hydroxyl groups is 1. The van der Waals surface area contributed by atoms with Crippen molar-refractivity contribution >= 4 is 5.69 Å². The van der Waals surface area contributed by atoms with Gasteiger partial charge >= 0.3 is 0 Å². The van der Waals surface area contributed by atoms with Crippen LogP contribution < -0.4 is 10.1 Å². The molecule has 0 bridgehead atoms. The number of para-hydroxylation sites is 2. The van der Waals surface area contributed by atoms with Gasteiger partial charge in [-0.05, 0) is 25.5 Å². The Morgan fingerprint density at radius 3 is 2.67 bits per heavy atom. The molecule has 0 saturated heterocycles. The lowest BCUT2D eigenvalue weighted by Gasteiger charge is -2.21. The van der Waals surface area contributed by atoms with E-state index in [1.165, 1.54) is 0 Å². The number of aliphatic hydroxyl groups excluding tert-OH is 1. The Labute approximate surface area is 91.1 Å². The molecule has 0 amide bonds. The first-order valence-electron chi connectivity index (χ1n) is 5.26. The van der Waals surface area contributed by atoms with Crippen LogP contribution in [0.25, 0.3) is 0 Å². The Kier molecular flexibility index (Phi) is 4.43. The molecule has 0 aliphatic heterocycles. The summed E-state index contributed by atoms with van der Waals surface area (Å²) in [6.45, 7) is 3.92. The number of methoxy groups -OCH3 is 1. The summed E-state index contributed by atoms with van der Waals surface area (Å²) >= 11 is 0. The van der Waals surface area contributed by atoms with Crippen LogP contribution in [0.5, 0.6) is 5.75 Å². The number of rotatable bonds is 5. The Balaban J connectivity index is 2.71. The van der Waals surface area contributed by atoms with Crippen molar-refractivity contribution in [3.63, 3.8) is 0 Å². The minimum atomic E-state index is -0.338. The summed E-state index contributed by atoms with van der Waals surface area (Å²) in [6.07, 6.45) is 0.401. The third kappa shape index (κ3) is 3.13. The lowest BCUT2D eigenvalue weighted by Crippen LogP contribution is -2.30. The van der Waals surface area contributed by atoms with Gasteiger partial charge in [0.2, 0.25) is 0 Å². The Hall–Kier alpha value is -1.22. The fourth-order valence-corrected chi connectivity index (χ4v) is 1.46. The monoisotopic (exact) mass is 209 g/mol. The van der Waals surface area contributed by atoms with Crippen LogP contribution in [-0.4, -0.2) is 24.4 Å². The lowest BCUT2D eigenvalue weighted by molar-refractivity contribution is 0.154. The second-order valence-corrected chi connectivity index (χ2v) is 3.61. The molecule has 0 spiro atoms. The predicted molar refractivity (Wildman–Crippen MR) is 62.4 cm³/mol. The van der Waals surface area contributed by atoms with E-state index in [0.717, 1.165) is 17.9 Å². The van der Waals surface area contributed by atoms with Crippen molar-refractivity contribution < 1.29 is 9.84 Å². The summed E-state index contributed by atoms with van der Waals surface area (Å²) in [7, 11) is 1.64. The first-order valence-corrected chi connectivity index (χ1v) is 5.26. The van der Waals surface area contributed by atoms with Gasteiger partial charge in [-0.1, -0.05) is 19.1 Å². The summed E-state index contributed by atoms with van der Waals surface area (Å²) < 4.78 is 5.22. The fraction of sp³-hybridized carbons (Fsp3) is 0.500.